The highest BCUT2D eigenvalue weighted by Gasteiger charge is 2.11. The first-order chi connectivity index (χ1) is 15.3. The predicted molar refractivity (Wildman–Crippen MR) is 119 cm³/mol. The number of rotatable bonds is 4. The van der Waals surface area contributed by atoms with Crippen molar-refractivity contribution >= 4 is 27.8 Å². The van der Waals surface area contributed by atoms with Crippen LogP contribution in [-0.2, 0) is 0 Å². The number of fused-ring (bicyclic) bond motifs is 2. The maximum Gasteiger partial charge on any atom is 0.196 e. The van der Waals surface area contributed by atoms with Gasteiger partial charge in [-0.25, -0.2) is 14.6 Å². The minimum absolute atomic E-state index is 0.184. The smallest absolute Gasteiger partial charge is 0.196 e. The average molecular weight is 407 g/mol. The molecule has 8 heteroatoms. The highest BCUT2D eigenvalue weighted by Crippen LogP contribution is 2.31. The highest BCUT2D eigenvalue weighted by molar-refractivity contribution is 5.91. The molecule has 0 unspecified atom stereocenters. The van der Waals surface area contributed by atoms with Gasteiger partial charge in [0, 0.05) is 35.1 Å². The summed E-state index contributed by atoms with van der Waals surface area (Å²) in [5.74, 6) is 0.184. The molecule has 0 fully saturated rings. The van der Waals surface area contributed by atoms with E-state index in [1.165, 1.54) is 6.33 Å². The van der Waals surface area contributed by atoms with Crippen molar-refractivity contribution in [2.45, 2.75) is 0 Å². The lowest BCUT2D eigenvalue weighted by atomic mass is 10.1. The van der Waals surface area contributed by atoms with Gasteiger partial charge in [-0.2, -0.15) is 5.10 Å². The molecule has 6 aromatic rings. The van der Waals surface area contributed by atoms with Crippen LogP contribution in [0.3, 0.4) is 0 Å². The largest absolute Gasteiger partial charge is 0.494 e. The van der Waals surface area contributed by atoms with Gasteiger partial charge in [0.25, 0.3) is 0 Å². The minimum Gasteiger partial charge on any atom is -0.494 e. The van der Waals surface area contributed by atoms with Crippen molar-refractivity contribution in [2.24, 2.45) is 0 Å². The number of nitrogens with zero attached hydrogens (tertiary/aromatic N) is 5. The zero-order chi connectivity index (χ0) is 20.8. The molecule has 0 aliphatic heterocycles. The summed E-state index contributed by atoms with van der Waals surface area (Å²) in [5.41, 5.74) is 5.68. The van der Waals surface area contributed by atoms with E-state index >= 15 is 0 Å². The fourth-order valence-electron chi connectivity index (χ4n) is 3.82. The summed E-state index contributed by atoms with van der Waals surface area (Å²) >= 11 is 0. The number of aromatic nitrogens is 6. The van der Waals surface area contributed by atoms with Gasteiger partial charge in [-0.1, -0.05) is 6.07 Å². The summed E-state index contributed by atoms with van der Waals surface area (Å²) < 4.78 is 3.77. The van der Waals surface area contributed by atoms with Crippen LogP contribution in [0.5, 0.6) is 5.88 Å². The zero-order valence-corrected chi connectivity index (χ0v) is 16.3. The first kappa shape index (κ1) is 17.3. The number of hydrogen-bond acceptors (Lipinski definition) is 5. The molecular formula is C23H17N7O. The van der Waals surface area contributed by atoms with Crippen molar-refractivity contribution in [1.82, 2.24) is 29.1 Å². The van der Waals surface area contributed by atoms with Gasteiger partial charge < -0.3 is 15.4 Å². The van der Waals surface area contributed by atoms with Gasteiger partial charge in [-0.3, -0.25) is 4.40 Å². The maximum absolute atomic E-state index is 9.87. The van der Waals surface area contributed by atoms with Crippen molar-refractivity contribution in [2.75, 3.05) is 5.32 Å². The molecule has 31 heavy (non-hydrogen) atoms. The van der Waals surface area contributed by atoms with E-state index in [0.29, 0.717) is 0 Å². The molecule has 0 saturated heterocycles. The van der Waals surface area contributed by atoms with Crippen LogP contribution in [0.2, 0.25) is 0 Å². The van der Waals surface area contributed by atoms with Crippen LogP contribution in [0.25, 0.3) is 33.4 Å². The van der Waals surface area contributed by atoms with Gasteiger partial charge in [0.1, 0.15) is 12.7 Å². The second kappa shape index (κ2) is 6.74. The minimum atomic E-state index is 0.184. The lowest BCUT2D eigenvalue weighted by Gasteiger charge is -2.12. The number of imidazole rings is 1. The Hall–Kier alpha value is -4.59. The lowest BCUT2D eigenvalue weighted by Crippen LogP contribution is -1.98. The molecule has 0 amide bonds. The molecule has 2 aromatic carbocycles. The quantitative estimate of drug-likeness (QED) is 0.399. The van der Waals surface area contributed by atoms with Crippen molar-refractivity contribution < 1.29 is 5.11 Å². The monoisotopic (exact) mass is 407 g/mol. The van der Waals surface area contributed by atoms with Crippen LogP contribution in [0, 0.1) is 0 Å². The third kappa shape index (κ3) is 2.89. The topological polar surface area (TPSA) is 96.1 Å². The first-order valence-corrected chi connectivity index (χ1v) is 9.75. The number of benzene rings is 2. The molecule has 0 saturated carbocycles. The van der Waals surface area contributed by atoms with E-state index in [1.54, 1.807) is 23.4 Å². The molecule has 0 aliphatic rings. The number of nitrogens with one attached hydrogen (secondary N) is 2. The van der Waals surface area contributed by atoms with Crippen LogP contribution in [0.4, 0.5) is 11.4 Å². The number of aromatic amines is 1. The molecule has 0 bridgehead atoms. The van der Waals surface area contributed by atoms with Crippen LogP contribution < -0.4 is 5.32 Å². The SMILES string of the molecule is Oc1[nH]cc2cc(-c3ccc(Nc4ccc(-n5cncn5)cc4)c4nccn34)ccc12. The summed E-state index contributed by atoms with van der Waals surface area (Å²) in [5, 5.41) is 19.2. The maximum atomic E-state index is 9.87. The molecule has 0 aliphatic carbocycles. The Labute approximate surface area is 176 Å². The van der Waals surface area contributed by atoms with Gasteiger partial charge in [0.05, 0.1) is 17.1 Å². The second-order valence-corrected chi connectivity index (χ2v) is 7.20. The molecule has 8 nitrogen and oxygen atoms in total. The summed E-state index contributed by atoms with van der Waals surface area (Å²) in [7, 11) is 0. The van der Waals surface area contributed by atoms with E-state index in [0.717, 1.165) is 44.7 Å². The van der Waals surface area contributed by atoms with Crippen molar-refractivity contribution in [3.63, 3.8) is 0 Å². The molecule has 0 spiro atoms. The van der Waals surface area contributed by atoms with Crippen molar-refractivity contribution in [1.29, 1.82) is 0 Å². The molecular weight excluding hydrogens is 390 g/mol. The predicted octanol–water partition coefficient (Wildman–Crippen LogP) is 4.51. The van der Waals surface area contributed by atoms with Crippen molar-refractivity contribution in [3.05, 3.63) is 85.8 Å². The Balaban J connectivity index is 1.36. The van der Waals surface area contributed by atoms with Crippen LogP contribution in [0.15, 0.2) is 85.8 Å². The van der Waals surface area contributed by atoms with E-state index in [2.05, 4.69) is 41.9 Å². The number of hydrogen-bond donors (Lipinski definition) is 3. The molecule has 6 rings (SSSR count). The number of anilines is 2. The Kier molecular flexibility index (Phi) is 3.76. The van der Waals surface area contributed by atoms with Crippen molar-refractivity contribution in [3.8, 4) is 22.8 Å². The normalized spacial score (nSPS) is 11.4. The second-order valence-electron chi connectivity index (χ2n) is 7.20. The van der Waals surface area contributed by atoms with E-state index in [4.69, 9.17) is 0 Å². The van der Waals surface area contributed by atoms with Crippen LogP contribution >= 0.6 is 0 Å². The van der Waals surface area contributed by atoms with Gasteiger partial charge in [-0.05, 0) is 54.1 Å². The average Bonchev–Trinajstić information content (AvgIpc) is 3.56. The molecule has 0 atom stereocenters. The van der Waals surface area contributed by atoms with Crippen LogP contribution in [-0.4, -0.2) is 34.2 Å². The Morgan fingerprint density at radius 2 is 1.90 bits per heavy atom. The highest BCUT2D eigenvalue weighted by atomic mass is 16.3. The Morgan fingerprint density at radius 3 is 2.74 bits per heavy atom. The van der Waals surface area contributed by atoms with Gasteiger partial charge >= 0.3 is 0 Å². The fourth-order valence-corrected chi connectivity index (χ4v) is 3.82. The number of aromatic hydroxyl groups is 1. The van der Waals surface area contributed by atoms with E-state index in [9.17, 15) is 5.11 Å². The Bertz CT molecular complexity index is 1510. The molecule has 4 heterocycles. The van der Waals surface area contributed by atoms with Crippen LogP contribution in [0.1, 0.15) is 0 Å². The van der Waals surface area contributed by atoms with E-state index < -0.39 is 0 Å². The Morgan fingerprint density at radius 1 is 1.00 bits per heavy atom. The standard InChI is InChI=1S/C23H17N7O/c31-23-19-6-1-15(11-16(19)12-26-23)21-8-7-20(22-25-9-10-29(21)22)28-17-2-4-18(5-3-17)30-14-24-13-27-30/h1-14,26,28,31H. The van der Waals surface area contributed by atoms with E-state index in [-0.39, 0.29) is 5.88 Å². The van der Waals surface area contributed by atoms with Gasteiger partial charge in [0.15, 0.2) is 11.5 Å². The summed E-state index contributed by atoms with van der Waals surface area (Å²) in [6.45, 7) is 0. The summed E-state index contributed by atoms with van der Waals surface area (Å²) in [6, 6.07) is 18.0. The molecule has 0 radical (unpaired) electrons. The zero-order valence-electron chi connectivity index (χ0n) is 16.3. The molecule has 150 valence electrons. The fraction of sp³-hybridized carbons (Fsp3) is 0. The molecule has 3 N–H and O–H groups in total. The number of H-pyrrole nitrogens is 1. The first-order valence-electron chi connectivity index (χ1n) is 9.75. The third-order valence-corrected chi connectivity index (χ3v) is 5.35. The third-order valence-electron chi connectivity index (χ3n) is 5.35. The number of pyridine rings is 1. The summed E-state index contributed by atoms with van der Waals surface area (Å²) in [6.07, 6.45) is 8.72. The van der Waals surface area contributed by atoms with E-state index in [1.807, 2.05) is 48.7 Å². The van der Waals surface area contributed by atoms with Gasteiger partial charge in [0.2, 0.25) is 0 Å². The van der Waals surface area contributed by atoms with Gasteiger partial charge in [-0.15, -0.1) is 0 Å². The summed E-state index contributed by atoms with van der Waals surface area (Å²) in [4.78, 5) is 11.4. The molecule has 4 aromatic heterocycles. The lowest BCUT2D eigenvalue weighted by molar-refractivity contribution is 0.462.